The number of carbonyl (C=O) groups is 1. The van der Waals surface area contributed by atoms with Crippen LogP contribution in [0.15, 0.2) is 47.1 Å². The van der Waals surface area contributed by atoms with Gasteiger partial charge < -0.3 is 14.5 Å². The lowest BCUT2D eigenvalue weighted by Crippen LogP contribution is -2.47. The fourth-order valence-corrected chi connectivity index (χ4v) is 1.86. The first-order valence-corrected chi connectivity index (χ1v) is 7.23. The van der Waals surface area contributed by atoms with E-state index in [0.717, 1.165) is 0 Å². The van der Waals surface area contributed by atoms with Crippen molar-refractivity contribution in [1.29, 1.82) is 0 Å². The van der Waals surface area contributed by atoms with Gasteiger partial charge in [0.05, 0.1) is 11.2 Å². The maximum absolute atomic E-state index is 11.9. The number of nitrogens with zero attached hydrogens (tertiary/aromatic N) is 1. The Morgan fingerprint density at radius 1 is 1.26 bits per heavy atom. The molecule has 1 amide bonds. The molecule has 0 spiro atoms. The average molecular weight is 380 g/mol. The summed E-state index contributed by atoms with van der Waals surface area (Å²) in [7, 11) is 0. The van der Waals surface area contributed by atoms with Crippen molar-refractivity contribution >= 4 is 46.4 Å². The van der Waals surface area contributed by atoms with Gasteiger partial charge in [-0.2, -0.15) is 0 Å². The molecule has 0 saturated carbocycles. The molecule has 2 aromatic rings. The van der Waals surface area contributed by atoms with E-state index in [2.05, 4.69) is 5.32 Å². The predicted molar refractivity (Wildman–Crippen MR) is 84.0 cm³/mol. The highest BCUT2D eigenvalue weighted by Crippen LogP contribution is 2.32. The molecule has 0 aliphatic carbocycles. The molecule has 0 saturated heterocycles. The van der Waals surface area contributed by atoms with Crippen LogP contribution < -0.4 is 10.1 Å². The second-order valence-electron chi connectivity index (χ2n) is 4.24. The van der Waals surface area contributed by atoms with Crippen LogP contribution in [-0.4, -0.2) is 20.9 Å². The summed E-state index contributed by atoms with van der Waals surface area (Å²) in [4.78, 5) is 22.0. The van der Waals surface area contributed by atoms with Crippen LogP contribution in [-0.2, 0) is 0 Å². The zero-order chi connectivity index (χ0) is 17.0. The molecule has 10 heteroatoms. The molecule has 1 aromatic heterocycles. The van der Waals surface area contributed by atoms with Crippen LogP contribution in [0.1, 0.15) is 10.6 Å². The number of furan rings is 1. The van der Waals surface area contributed by atoms with Crippen LogP contribution in [0, 0.1) is 10.1 Å². The van der Waals surface area contributed by atoms with E-state index in [4.69, 9.17) is 44.0 Å². The summed E-state index contributed by atoms with van der Waals surface area (Å²) in [5.41, 5.74) is -0.123. The summed E-state index contributed by atoms with van der Waals surface area (Å²) in [5.74, 6) is -0.462. The minimum Gasteiger partial charge on any atom is -0.466 e. The van der Waals surface area contributed by atoms with Crippen LogP contribution >= 0.6 is 34.8 Å². The summed E-state index contributed by atoms with van der Waals surface area (Å²) in [6.45, 7) is 0. The van der Waals surface area contributed by atoms with Gasteiger partial charge in [-0.3, -0.25) is 14.9 Å². The number of non-ortho nitro benzene ring substituents is 1. The van der Waals surface area contributed by atoms with E-state index in [-0.39, 0.29) is 17.2 Å². The molecule has 1 heterocycles. The first kappa shape index (κ1) is 17.4. The third-order valence-electron chi connectivity index (χ3n) is 2.61. The third-order valence-corrected chi connectivity index (χ3v) is 3.20. The van der Waals surface area contributed by atoms with E-state index in [1.807, 2.05) is 0 Å². The highest BCUT2D eigenvalue weighted by Gasteiger charge is 2.36. The molecule has 1 N–H and O–H groups in total. The molecule has 2 rings (SSSR count). The van der Waals surface area contributed by atoms with Gasteiger partial charge in [0.2, 0.25) is 10.0 Å². The van der Waals surface area contributed by atoms with Gasteiger partial charge in [0.1, 0.15) is 5.75 Å². The number of benzene rings is 1. The maximum Gasteiger partial charge on any atom is 0.289 e. The Morgan fingerprint density at radius 3 is 2.39 bits per heavy atom. The van der Waals surface area contributed by atoms with Gasteiger partial charge in [0.25, 0.3) is 11.6 Å². The largest absolute Gasteiger partial charge is 0.466 e. The zero-order valence-corrected chi connectivity index (χ0v) is 13.5. The SMILES string of the molecule is O=C(N[C@@H](Oc1ccc([N+](=O)[O-])cc1)C(Cl)(Cl)Cl)c1ccco1. The molecular formula is C13H9Cl3N2O5. The lowest BCUT2D eigenvalue weighted by Gasteiger charge is -2.25. The van der Waals surface area contributed by atoms with Crippen molar-refractivity contribution in [2.45, 2.75) is 10.0 Å². The van der Waals surface area contributed by atoms with Crippen LogP contribution in [0.2, 0.25) is 0 Å². The van der Waals surface area contributed by atoms with Crippen molar-refractivity contribution in [2.24, 2.45) is 0 Å². The number of halogens is 3. The van der Waals surface area contributed by atoms with Gasteiger partial charge >= 0.3 is 0 Å². The Morgan fingerprint density at radius 2 is 1.91 bits per heavy atom. The molecule has 0 radical (unpaired) electrons. The first-order valence-electron chi connectivity index (χ1n) is 6.09. The molecule has 0 bridgehead atoms. The summed E-state index contributed by atoms with van der Waals surface area (Å²) in [5, 5.41) is 13.0. The molecule has 1 atom stereocenters. The van der Waals surface area contributed by atoms with Crippen LogP contribution in [0.4, 0.5) is 5.69 Å². The van der Waals surface area contributed by atoms with E-state index < -0.39 is 20.9 Å². The molecule has 0 aliphatic heterocycles. The topological polar surface area (TPSA) is 94.6 Å². The minimum absolute atomic E-state index is 0.0107. The number of ether oxygens (including phenoxy) is 1. The predicted octanol–water partition coefficient (Wildman–Crippen LogP) is 3.69. The van der Waals surface area contributed by atoms with Crippen molar-refractivity contribution < 1.29 is 18.9 Å². The van der Waals surface area contributed by atoms with Crippen molar-refractivity contribution in [2.75, 3.05) is 0 Å². The quantitative estimate of drug-likeness (QED) is 0.370. The highest BCUT2D eigenvalue weighted by molar-refractivity contribution is 6.68. The number of hydrogen-bond acceptors (Lipinski definition) is 5. The number of nitro groups is 1. The van der Waals surface area contributed by atoms with Gasteiger partial charge in [0, 0.05) is 12.1 Å². The molecule has 0 aliphatic rings. The van der Waals surface area contributed by atoms with Crippen molar-refractivity contribution in [1.82, 2.24) is 5.32 Å². The molecule has 7 nitrogen and oxygen atoms in total. The molecule has 0 fully saturated rings. The summed E-state index contributed by atoms with van der Waals surface area (Å²) in [6.07, 6.45) is -0.0252. The summed E-state index contributed by atoms with van der Waals surface area (Å²) in [6, 6.07) is 8.03. The summed E-state index contributed by atoms with van der Waals surface area (Å²) >= 11 is 17.4. The molecule has 122 valence electrons. The Bertz CT molecular complexity index is 683. The van der Waals surface area contributed by atoms with E-state index in [9.17, 15) is 14.9 Å². The lowest BCUT2D eigenvalue weighted by atomic mass is 10.3. The Balaban J connectivity index is 2.13. The molecular weight excluding hydrogens is 371 g/mol. The van der Waals surface area contributed by atoms with Gasteiger partial charge in [-0.15, -0.1) is 0 Å². The molecule has 1 aromatic carbocycles. The van der Waals surface area contributed by atoms with Crippen LogP contribution in [0.25, 0.3) is 0 Å². The second-order valence-corrected chi connectivity index (χ2v) is 6.61. The van der Waals surface area contributed by atoms with E-state index in [1.165, 1.54) is 42.7 Å². The zero-order valence-electron chi connectivity index (χ0n) is 11.2. The van der Waals surface area contributed by atoms with Crippen LogP contribution in [0.5, 0.6) is 5.75 Å². The fraction of sp³-hybridized carbons (Fsp3) is 0.154. The normalized spacial score (nSPS) is 12.5. The Hall–Kier alpha value is -1.96. The average Bonchev–Trinajstić information content (AvgIpc) is 3.00. The van der Waals surface area contributed by atoms with Gasteiger partial charge in [-0.25, -0.2) is 0 Å². The smallest absolute Gasteiger partial charge is 0.289 e. The van der Waals surface area contributed by atoms with Crippen LogP contribution in [0.3, 0.4) is 0 Å². The monoisotopic (exact) mass is 378 g/mol. The highest BCUT2D eigenvalue weighted by atomic mass is 35.6. The number of nitrogens with one attached hydrogen (secondary N) is 1. The van der Waals surface area contributed by atoms with Crippen molar-refractivity contribution in [3.8, 4) is 5.75 Å². The standard InChI is InChI=1S/C13H9Cl3N2O5/c14-13(15,16)12(17-11(19)10-2-1-7-22-10)23-9-5-3-8(4-6-9)18(20)21/h1-7,12H,(H,17,19)/t12-/m0/s1. The van der Waals surface area contributed by atoms with E-state index in [0.29, 0.717) is 0 Å². The fourth-order valence-electron chi connectivity index (χ4n) is 1.56. The van der Waals surface area contributed by atoms with Gasteiger partial charge in [0.15, 0.2) is 5.76 Å². The minimum atomic E-state index is -1.98. The molecule has 0 unspecified atom stereocenters. The number of carbonyl (C=O) groups excluding carboxylic acids is 1. The Kier molecular flexibility index (Phi) is 5.35. The lowest BCUT2D eigenvalue weighted by molar-refractivity contribution is -0.384. The third kappa shape index (κ3) is 4.75. The van der Waals surface area contributed by atoms with Gasteiger partial charge in [-0.05, 0) is 24.3 Å². The molecule has 23 heavy (non-hydrogen) atoms. The van der Waals surface area contributed by atoms with E-state index in [1.54, 1.807) is 0 Å². The van der Waals surface area contributed by atoms with Crippen molar-refractivity contribution in [3.63, 3.8) is 0 Å². The number of rotatable bonds is 5. The van der Waals surface area contributed by atoms with Gasteiger partial charge in [-0.1, -0.05) is 34.8 Å². The number of amides is 1. The first-order chi connectivity index (χ1) is 10.8. The number of hydrogen-bond donors (Lipinski definition) is 1. The van der Waals surface area contributed by atoms with Crippen molar-refractivity contribution in [3.05, 3.63) is 58.5 Å². The Labute approximate surface area is 145 Å². The summed E-state index contributed by atoms with van der Waals surface area (Å²) < 4.78 is 8.34. The number of nitro benzene ring substituents is 1. The second kappa shape index (κ2) is 7.08. The maximum atomic E-state index is 11.9. The van der Waals surface area contributed by atoms with E-state index >= 15 is 0 Å². The number of alkyl halides is 3.